The highest BCUT2D eigenvalue weighted by Gasteiger charge is 2.21. The second-order valence-corrected chi connectivity index (χ2v) is 5.73. The van der Waals surface area contributed by atoms with Crippen LogP contribution < -0.4 is 9.47 Å². The molecule has 0 amide bonds. The summed E-state index contributed by atoms with van der Waals surface area (Å²) in [6, 6.07) is 15.6. The monoisotopic (exact) mass is 422 g/mol. The number of aliphatic imine (C=N–C) groups is 1. The fourth-order valence-electron chi connectivity index (χ4n) is 2.47. The number of carbonyl (C=O) groups is 1. The van der Waals surface area contributed by atoms with Crippen molar-refractivity contribution in [2.24, 2.45) is 4.99 Å². The van der Waals surface area contributed by atoms with Crippen molar-refractivity contribution in [2.75, 3.05) is 13.7 Å². The molecular weight excluding hydrogens is 396 g/mol. The number of hydrogen-bond acceptors (Lipinski definition) is 6. The maximum absolute atomic E-state index is 12.3. The topological polar surface area (TPSA) is 110 Å². The summed E-state index contributed by atoms with van der Waals surface area (Å²) >= 11 is 0. The molecule has 0 unspecified atom stereocenters. The molecule has 0 saturated heterocycles. The quantitative estimate of drug-likeness (QED) is 0.346. The van der Waals surface area contributed by atoms with Gasteiger partial charge in [-0.25, -0.2) is 9.78 Å². The number of esters is 1. The zero-order valence-electron chi connectivity index (χ0n) is 18.0. The van der Waals surface area contributed by atoms with Crippen molar-refractivity contribution in [1.82, 2.24) is 9.97 Å². The normalized spacial score (nSPS) is 10.5. The summed E-state index contributed by atoms with van der Waals surface area (Å²) in [6.45, 7) is 5.96. The number of hydrogen-bond donors (Lipinski definition) is 2. The number of nitrogens with one attached hydrogen (secondary N) is 2. The van der Waals surface area contributed by atoms with Gasteiger partial charge in [-0.15, -0.1) is 0 Å². The third kappa shape index (κ3) is 6.27. The van der Waals surface area contributed by atoms with E-state index in [-0.39, 0.29) is 23.9 Å². The smallest absolute Gasteiger partial charge is 0.340 e. The molecule has 0 atom stereocenters. The van der Waals surface area contributed by atoms with E-state index in [0.717, 1.165) is 0 Å². The number of H-pyrrole nitrogens is 1. The van der Waals surface area contributed by atoms with E-state index < -0.39 is 5.97 Å². The lowest BCUT2D eigenvalue weighted by molar-refractivity contribution is 0.0526. The summed E-state index contributed by atoms with van der Waals surface area (Å²) in [5.74, 6) is 0.236. The van der Waals surface area contributed by atoms with Crippen LogP contribution in [0.4, 0.5) is 0 Å². The molecule has 3 aromatic rings. The Labute approximate surface area is 181 Å². The number of para-hydroxylation sites is 1. The molecule has 3 rings (SSSR count). The summed E-state index contributed by atoms with van der Waals surface area (Å²) in [5.41, 5.74) is 0.857. The first-order valence-corrected chi connectivity index (χ1v) is 9.88. The van der Waals surface area contributed by atoms with Crippen LogP contribution in [0.25, 0.3) is 0 Å². The number of methoxy groups -OCH3 is 1. The van der Waals surface area contributed by atoms with Crippen molar-refractivity contribution < 1.29 is 19.0 Å². The molecule has 1 aromatic carbocycles. The van der Waals surface area contributed by atoms with Crippen molar-refractivity contribution in [3.63, 3.8) is 0 Å². The van der Waals surface area contributed by atoms with E-state index in [9.17, 15) is 4.79 Å². The zero-order valence-corrected chi connectivity index (χ0v) is 18.0. The number of benzene rings is 1. The molecule has 0 aliphatic carbocycles. The average Bonchev–Trinajstić information content (AvgIpc) is 3.31. The molecule has 0 aliphatic rings. The highest BCUT2D eigenvalue weighted by atomic mass is 16.5. The van der Waals surface area contributed by atoms with E-state index >= 15 is 0 Å². The summed E-state index contributed by atoms with van der Waals surface area (Å²) in [6.07, 6.45) is 1.58. The minimum Gasteiger partial charge on any atom is -0.481 e. The number of pyridine rings is 1. The van der Waals surface area contributed by atoms with Gasteiger partial charge in [-0.1, -0.05) is 38.1 Å². The van der Waals surface area contributed by atoms with Gasteiger partial charge in [0, 0.05) is 12.3 Å². The third-order valence-corrected chi connectivity index (χ3v) is 3.80. The number of aromatic amines is 1. The number of nitrogens with zero attached hydrogens (tertiary/aromatic N) is 2. The molecule has 0 spiro atoms. The van der Waals surface area contributed by atoms with Gasteiger partial charge in [0.2, 0.25) is 11.8 Å². The van der Waals surface area contributed by atoms with Gasteiger partial charge in [0.1, 0.15) is 17.1 Å². The predicted octanol–water partition coefficient (Wildman–Crippen LogP) is 4.47. The lowest BCUT2D eigenvalue weighted by Crippen LogP contribution is -2.18. The Morgan fingerprint density at radius 2 is 1.84 bits per heavy atom. The third-order valence-electron chi connectivity index (χ3n) is 3.80. The molecule has 162 valence electrons. The van der Waals surface area contributed by atoms with E-state index in [0.29, 0.717) is 23.0 Å². The molecule has 31 heavy (non-hydrogen) atoms. The molecular formula is C23H26N4O4. The highest BCUT2D eigenvalue weighted by Crippen LogP contribution is 2.17. The van der Waals surface area contributed by atoms with Crippen LogP contribution in [0.1, 0.15) is 42.5 Å². The maximum Gasteiger partial charge on any atom is 0.340 e. The summed E-state index contributed by atoms with van der Waals surface area (Å²) < 4.78 is 16.1. The van der Waals surface area contributed by atoms with E-state index in [1.807, 2.05) is 32.0 Å². The standard InChI is InChI=1S/C21H20N4O4.C2H6/c1-3-28-21(26)15-12-13-23-18(15)20(29-14-8-5-4-6-9-14)25-19(22)16-10-7-11-17(24-16)27-2;1-2/h4-13,22-23H,3H2,1-2H3;1-2H3. The van der Waals surface area contributed by atoms with Crippen LogP contribution in [0, 0.1) is 5.41 Å². The first kappa shape index (κ1) is 23.3. The second-order valence-electron chi connectivity index (χ2n) is 5.73. The van der Waals surface area contributed by atoms with Crippen molar-refractivity contribution in [3.8, 4) is 11.6 Å². The van der Waals surface area contributed by atoms with Crippen LogP contribution in [0.5, 0.6) is 11.6 Å². The Morgan fingerprint density at radius 1 is 1.10 bits per heavy atom. The van der Waals surface area contributed by atoms with E-state index in [2.05, 4.69) is 15.0 Å². The second kappa shape index (κ2) is 11.9. The first-order valence-electron chi connectivity index (χ1n) is 9.88. The van der Waals surface area contributed by atoms with Gasteiger partial charge < -0.3 is 19.2 Å². The summed E-state index contributed by atoms with van der Waals surface area (Å²) in [4.78, 5) is 23.7. The van der Waals surface area contributed by atoms with E-state index in [1.165, 1.54) is 7.11 Å². The van der Waals surface area contributed by atoms with Crippen LogP contribution in [0.2, 0.25) is 0 Å². The van der Waals surface area contributed by atoms with E-state index in [1.54, 1.807) is 49.5 Å². The van der Waals surface area contributed by atoms with Gasteiger partial charge in [0.15, 0.2) is 5.84 Å². The Hall–Kier alpha value is -3.94. The summed E-state index contributed by atoms with van der Waals surface area (Å²) in [7, 11) is 1.49. The van der Waals surface area contributed by atoms with Crippen molar-refractivity contribution in [2.45, 2.75) is 20.8 Å². The largest absolute Gasteiger partial charge is 0.481 e. The average molecular weight is 422 g/mol. The lowest BCUT2D eigenvalue weighted by atomic mass is 10.2. The van der Waals surface area contributed by atoms with Crippen molar-refractivity contribution in [3.05, 3.63) is 77.7 Å². The molecule has 8 nitrogen and oxygen atoms in total. The number of ether oxygens (including phenoxy) is 3. The van der Waals surface area contributed by atoms with Gasteiger partial charge in [-0.05, 0) is 31.2 Å². The van der Waals surface area contributed by atoms with Gasteiger partial charge >= 0.3 is 5.97 Å². The Kier molecular flexibility index (Phi) is 8.97. The van der Waals surface area contributed by atoms with Crippen LogP contribution in [0.15, 0.2) is 65.8 Å². The van der Waals surface area contributed by atoms with Gasteiger partial charge in [-0.3, -0.25) is 5.41 Å². The van der Waals surface area contributed by atoms with Crippen LogP contribution in [-0.4, -0.2) is 41.4 Å². The van der Waals surface area contributed by atoms with E-state index in [4.69, 9.17) is 19.6 Å². The fourth-order valence-corrected chi connectivity index (χ4v) is 2.47. The zero-order chi connectivity index (χ0) is 22.6. The molecule has 2 N–H and O–H groups in total. The Morgan fingerprint density at radius 3 is 2.52 bits per heavy atom. The molecule has 8 heteroatoms. The number of carbonyl (C=O) groups excluding carboxylic acids is 1. The molecule has 2 heterocycles. The molecule has 0 radical (unpaired) electrons. The highest BCUT2D eigenvalue weighted by molar-refractivity contribution is 6.11. The van der Waals surface area contributed by atoms with Gasteiger partial charge in [0.05, 0.1) is 19.3 Å². The fraction of sp³-hybridized carbons (Fsp3) is 0.217. The predicted molar refractivity (Wildman–Crippen MR) is 119 cm³/mol. The number of aromatic nitrogens is 2. The minimum absolute atomic E-state index is 0.0406. The molecule has 0 bridgehead atoms. The molecule has 0 fully saturated rings. The number of rotatable bonds is 6. The maximum atomic E-state index is 12.3. The van der Waals surface area contributed by atoms with Crippen LogP contribution in [0.3, 0.4) is 0 Å². The minimum atomic E-state index is -0.515. The Balaban J connectivity index is 0.00000166. The number of amidine groups is 1. The molecule has 0 saturated carbocycles. The summed E-state index contributed by atoms with van der Waals surface area (Å²) in [5, 5.41) is 8.34. The van der Waals surface area contributed by atoms with Gasteiger partial charge in [0.25, 0.3) is 0 Å². The van der Waals surface area contributed by atoms with Crippen LogP contribution in [-0.2, 0) is 4.74 Å². The lowest BCUT2D eigenvalue weighted by Gasteiger charge is -2.10. The van der Waals surface area contributed by atoms with Crippen molar-refractivity contribution >= 4 is 17.7 Å². The SMILES string of the molecule is CC.CCOC(=O)c1cc[nH]c1C(=NC(=N)c1cccc(OC)n1)Oc1ccccc1. The Bertz CT molecular complexity index is 1030. The first-order chi connectivity index (χ1) is 15.1. The molecule has 2 aromatic heterocycles. The van der Waals surface area contributed by atoms with Crippen LogP contribution >= 0.6 is 0 Å². The molecule has 0 aliphatic heterocycles. The van der Waals surface area contributed by atoms with Gasteiger partial charge in [-0.2, -0.15) is 4.99 Å². The van der Waals surface area contributed by atoms with Crippen molar-refractivity contribution in [1.29, 1.82) is 5.41 Å².